The number of hydrogen-bond donors (Lipinski definition) is 1. The van der Waals surface area contributed by atoms with E-state index in [4.69, 9.17) is 0 Å². The molecule has 0 unspecified atom stereocenters. The Morgan fingerprint density at radius 3 is 2.93 bits per heavy atom. The third-order valence-electron chi connectivity index (χ3n) is 2.48. The van der Waals surface area contributed by atoms with Gasteiger partial charge in [-0.15, -0.1) is 0 Å². The molecule has 0 spiro atoms. The fourth-order valence-corrected chi connectivity index (χ4v) is 2.71. The Hall–Kier alpha value is -1.03. The Labute approximate surface area is 93.7 Å². The van der Waals surface area contributed by atoms with Crippen molar-refractivity contribution in [1.82, 2.24) is 10.3 Å². The summed E-state index contributed by atoms with van der Waals surface area (Å²) in [4.78, 5) is 15.7. The van der Waals surface area contributed by atoms with Crippen molar-refractivity contribution >= 4 is 17.7 Å². The first-order valence-corrected chi connectivity index (χ1v) is 6.30. The van der Waals surface area contributed by atoms with E-state index < -0.39 is 0 Å². The van der Waals surface area contributed by atoms with Crippen LogP contribution in [0.1, 0.15) is 23.2 Å². The Morgan fingerprint density at radius 2 is 2.27 bits per heavy atom. The second-order valence-corrected chi connectivity index (χ2v) is 4.83. The molecule has 0 aromatic carbocycles. The maximum Gasteiger partial charge on any atom is 0.253 e. The lowest BCUT2D eigenvalue weighted by Gasteiger charge is -2.22. The number of thioether (sulfide) groups is 1. The molecule has 0 radical (unpaired) electrons. The molecule has 0 aliphatic carbocycles. The predicted octanol–water partition coefficient (Wildman–Crippen LogP) is 1.71. The van der Waals surface area contributed by atoms with Gasteiger partial charge in [-0.1, -0.05) is 0 Å². The van der Waals surface area contributed by atoms with Crippen LogP contribution in [0, 0.1) is 0 Å². The summed E-state index contributed by atoms with van der Waals surface area (Å²) in [6.07, 6.45) is 5.44. The van der Waals surface area contributed by atoms with Crippen LogP contribution in [0.2, 0.25) is 0 Å². The number of carbonyl (C=O) groups is 1. The molecule has 1 fully saturated rings. The Kier molecular flexibility index (Phi) is 3.61. The molecule has 2 rings (SSSR count). The Balaban J connectivity index is 1.91. The van der Waals surface area contributed by atoms with Crippen LogP contribution in [0.3, 0.4) is 0 Å². The van der Waals surface area contributed by atoms with Gasteiger partial charge in [0.25, 0.3) is 5.91 Å². The van der Waals surface area contributed by atoms with Crippen molar-refractivity contribution in [3.8, 4) is 0 Å². The third kappa shape index (κ3) is 2.96. The highest BCUT2D eigenvalue weighted by atomic mass is 32.2. The molecule has 15 heavy (non-hydrogen) atoms. The van der Waals surface area contributed by atoms with Gasteiger partial charge in [-0.3, -0.25) is 9.78 Å². The molecular formula is C11H14N2OS. The molecule has 1 N–H and O–H groups in total. The normalized spacial score (nSPS) is 17.3. The zero-order valence-corrected chi connectivity index (χ0v) is 9.30. The van der Waals surface area contributed by atoms with Crippen molar-refractivity contribution in [2.45, 2.75) is 18.9 Å². The summed E-state index contributed by atoms with van der Waals surface area (Å²) in [5, 5.41) is 3.04. The molecule has 80 valence electrons. The second kappa shape index (κ2) is 5.16. The minimum Gasteiger partial charge on any atom is -0.349 e. The Bertz CT molecular complexity index is 323. The number of amides is 1. The molecule has 1 aliphatic heterocycles. The second-order valence-electron chi connectivity index (χ2n) is 3.60. The monoisotopic (exact) mass is 222 g/mol. The van der Waals surface area contributed by atoms with E-state index in [9.17, 15) is 4.79 Å². The van der Waals surface area contributed by atoms with Crippen molar-refractivity contribution in [3.05, 3.63) is 30.1 Å². The fourth-order valence-electron chi connectivity index (χ4n) is 1.61. The third-order valence-corrected chi connectivity index (χ3v) is 3.53. The van der Waals surface area contributed by atoms with E-state index >= 15 is 0 Å². The highest BCUT2D eigenvalue weighted by Gasteiger charge is 2.16. The van der Waals surface area contributed by atoms with E-state index in [1.807, 2.05) is 11.8 Å². The van der Waals surface area contributed by atoms with Gasteiger partial charge in [0.1, 0.15) is 0 Å². The number of carbonyl (C=O) groups excluding carboxylic acids is 1. The van der Waals surface area contributed by atoms with Crippen LogP contribution in [0.15, 0.2) is 24.5 Å². The average molecular weight is 222 g/mol. The topological polar surface area (TPSA) is 42.0 Å². The van der Waals surface area contributed by atoms with E-state index in [1.165, 1.54) is 0 Å². The first-order chi connectivity index (χ1) is 7.36. The lowest BCUT2D eigenvalue weighted by molar-refractivity contribution is 0.0934. The minimum atomic E-state index is 0.000000000000000444. The van der Waals surface area contributed by atoms with Gasteiger partial charge in [0.15, 0.2) is 0 Å². The summed E-state index contributed by atoms with van der Waals surface area (Å²) in [5.41, 5.74) is 0.649. The SMILES string of the molecule is O=C(NC1CCSCC1)c1cccnc1. The highest BCUT2D eigenvalue weighted by Crippen LogP contribution is 2.17. The number of nitrogens with one attached hydrogen (secondary N) is 1. The van der Waals surface area contributed by atoms with Gasteiger partial charge in [-0.25, -0.2) is 0 Å². The van der Waals surface area contributed by atoms with Gasteiger partial charge < -0.3 is 5.32 Å². The van der Waals surface area contributed by atoms with Crippen LogP contribution >= 0.6 is 11.8 Å². The Morgan fingerprint density at radius 1 is 1.47 bits per heavy atom. The van der Waals surface area contributed by atoms with Crippen molar-refractivity contribution in [2.24, 2.45) is 0 Å². The summed E-state index contributed by atoms with van der Waals surface area (Å²) in [7, 11) is 0. The molecule has 3 nitrogen and oxygen atoms in total. The first-order valence-electron chi connectivity index (χ1n) is 5.15. The van der Waals surface area contributed by atoms with Gasteiger partial charge in [0.05, 0.1) is 5.56 Å². The molecule has 1 aromatic heterocycles. The van der Waals surface area contributed by atoms with E-state index in [1.54, 1.807) is 24.5 Å². The molecule has 1 saturated heterocycles. The maximum atomic E-state index is 11.8. The van der Waals surface area contributed by atoms with Crippen molar-refractivity contribution in [1.29, 1.82) is 0 Å². The quantitative estimate of drug-likeness (QED) is 0.828. The minimum absolute atomic E-state index is 0.000000000000000444. The first kappa shape index (κ1) is 10.5. The number of pyridine rings is 1. The average Bonchev–Trinajstić information content (AvgIpc) is 2.31. The summed E-state index contributed by atoms with van der Waals surface area (Å²) >= 11 is 1.96. The van der Waals surface area contributed by atoms with Crippen LogP contribution in [-0.2, 0) is 0 Å². The van der Waals surface area contributed by atoms with E-state index in [0.29, 0.717) is 11.6 Å². The highest BCUT2D eigenvalue weighted by molar-refractivity contribution is 7.99. The summed E-state index contributed by atoms with van der Waals surface area (Å²) in [5.74, 6) is 2.30. The smallest absolute Gasteiger partial charge is 0.253 e. The van der Waals surface area contributed by atoms with Crippen LogP contribution < -0.4 is 5.32 Å². The predicted molar refractivity (Wildman–Crippen MR) is 62.1 cm³/mol. The molecule has 0 saturated carbocycles. The van der Waals surface area contributed by atoms with Crippen molar-refractivity contribution in [2.75, 3.05) is 11.5 Å². The van der Waals surface area contributed by atoms with Crippen molar-refractivity contribution in [3.63, 3.8) is 0 Å². The van der Waals surface area contributed by atoms with Gasteiger partial charge in [0, 0.05) is 18.4 Å². The molecule has 2 heterocycles. The molecule has 0 bridgehead atoms. The lowest BCUT2D eigenvalue weighted by atomic mass is 10.1. The maximum absolute atomic E-state index is 11.8. The fraction of sp³-hybridized carbons (Fsp3) is 0.455. The molecule has 4 heteroatoms. The zero-order valence-electron chi connectivity index (χ0n) is 8.48. The molecule has 1 aromatic rings. The largest absolute Gasteiger partial charge is 0.349 e. The van der Waals surface area contributed by atoms with Crippen molar-refractivity contribution < 1.29 is 4.79 Å². The van der Waals surface area contributed by atoms with Crippen LogP contribution in [0.5, 0.6) is 0 Å². The lowest BCUT2D eigenvalue weighted by Crippen LogP contribution is -2.37. The number of rotatable bonds is 2. The van der Waals surface area contributed by atoms with E-state index in [2.05, 4.69) is 10.3 Å². The van der Waals surface area contributed by atoms with Gasteiger partial charge in [0.2, 0.25) is 0 Å². The van der Waals surface area contributed by atoms with Gasteiger partial charge in [-0.2, -0.15) is 11.8 Å². The number of nitrogens with zero attached hydrogens (tertiary/aromatic N) is 1. The molecule has 1 aliphatic rings. The van der Waals surface area contributed by atoms with Crippen LogP contribution in [0.4, 0.5) is 0 Å². The van der Waals surface area contributed by atoms with Gasteiger partial charge in [-0.05, 0) is 36.5 Å². The number of hydrogen-bond acceptors (Lipinski definition) is 3. The molecule has 0 atom stereocenters. The van der Waals surface area contributed by atoms with E-state index in [0.717, 1.165) is 24.3 Å². The molecular weight excluding hydrogens is 208 g/mol. The number of aromatic nitrogens is 1. The van der Waals surface area contributed by atoms with Crippen LogP contribution in [-0.4, -0.2) is 28.4 Å². The standard InChI is InChI=1S/C11H14N2OS/c14-11(9-2-1-5-12-8-9)13-10-3-6-15-7-4-10/h1-2,5,8,10H,3-4,6-7H2,(H,13,14). The zero-order chi connectivity index (χ0) is 10.5. The van der Waals surface area contributed by atoms with E-state index in [-0.39, 0.29) is 5.91 Å². The summed E-state index contributed by atoms with van der Waals surface area (Å²) < 4.78 is 0. The van der Waals surface area contributed by atoms with Gasteiger partial charge >= 0.3 is 0 Å². The molecule has 1 amide bonds. The summed E-state index contributed by atoms with van der Waals surface area (Å²) in [6, 6.07) is 3.92. The van der Waals surface area contributed by atoms with Crippen LogP contribution in [0.25, 0.3) is 0 Å². The summed E-state index contributed by atoms with van der Waals surface area (Å²) in [6.45, 7) is 0.